The molecular weight excluding hydrogens is 270 g/mol. The second kappa shape index (κ2) is 7.78. The van der Waals surface area contributed by atoms with Crippen LogP contribution in [0.2, 0.25) is 0 Å². The van der Waals surface area contributed by atoms with Crippen LogP contribution in [0.1, 0.15) is 41.5 Å². The Morgan fingerprint density at radius 1 is 0.952 bits per heavy atom. The first-order valence-corrected chi connectivity index (χ1v) is 7.94. The molecule has 0 aromatic rings. The normalized spacial score (nSPS) is 32.8. The van der Waals surface area contributed by atoms with Crippen LogP contribution in [-0.4, -0.2) is 37.2 Å². The van der Waals surface area contributed by atoms with E-state index in [1.54, 1.807) is 13.8 Å². The average molecular weight is 299 g/mol. The van der Waals surface area contributed by atoms with Crippen molar-refractivity contribution in [3.63, 3.8) is 0 Å². The Labute approximate surface area is 127 Å². The Bertz CT molecular complexity index is 339. The Morgan fingerprint density at radius 3 is 1.62 bits per heavy atom. The molecule has 0 spiro atoms. The quantitative estimate of drug-likeness (QED) is 0.787. The number of hydrogen-bond donors (Lipinski definition) is 1. The lowest BCUT2D eigenvalue weighted by Gasteiger charge is -2.45. The van der Waals surface area contributed by atoms with E-state index in [1.807, 2.05) is 27.7 Å². The number of esters is 2. The first-order chi connectivity index (χ1) is 9.84. The van der Waals surface area contributed by atoms with Gasteiger partial charge in [0, 0.05) is 12.1 Å². The van der Waals surface area contributed by atoms with Crippen LogP contribution >= 0.6 is 0 Å². The molecule has 1 fully saturated rings. The molecular formula is C16H29NO4. The molecule has 0 aliphatic carbocycles. The summed E-state index contributed by atoms with van der Waals surface area (Å²) in [5.41, 5.74) is 0. The monoisotopic (exact) mass is 299 g/mol. The number of carbonyl (C=O) groups is 2. The van der Waals surface area contributed by atoms with Crippen molar-refractivity contribution >= 4 is 11.9 Å². The van der Waals surface area contributed by atoms with E-state index in [1.165, 1.54) is 0 Å². The van der Waals surface area contributed by atoms with E-state index >= 15 is 0 Å². The highest BCUT2D eigenvalue weighted by Crippen LogP contribution is 2.38. The number of rotatable bonds is 5. The standard InChI is InChI=1S/C16H29NO4/c1-7-20-15(18)13-10(5)17-11(6)14(12(13)9(3)4)16(19)21-8-2/h9-14,17H,7-8H2,1-6H3. The summed E-state index contributed by atoms with van der Waals surface area (Å²) in [6.07, 6.45) is 0. The van der Waals surface area contributed by atoms with Crippen molar-refractivity contribution in [1.29, 1.82) is 0 Å². The fourth-order valence-corrected chi connectivity index (χ4v) is 3.54. The van der Waals surface area contributed by atoms with Crippen LogP contribution in [0.4, 0.5) is 0 Å². The van der Waals surface area contributed by atoms with E-state index in [-0.39, 0.29) is 47.7 Å². The highest BCUT2D eigenvalue weighted by molar-refractivity contribution is 5.78. The van der Waals surface area contributed by atoms with Crippen molar-refractivity contribution in [3.05, 3.63) is 0 Å². The van der Waals surface area contributed by atoms with Gasteiger partial charge in [0.2, 0.25) is 0 Å². The fourth-order valence-electron chi connectivity index (χ4n) is 3.54. The summed E-state index contributed by atoms with van der Waals surface area (Å²) < 4.78 is 10.4. The molecule has 1 aliphatic rings. The van der Waals surface area contributed by atoms with Crippen LogP contribution < -0.4 is 5.32 Å². The van der Waals surface area contributed by atoms with Gasteiger partial charge < -0.3 is 14.8 Å². The molecule has 4 unspecified atom stereocenters. The SMILES string of the molecule is CCOC(=O)C1C(C)NC(C)C(C(=O)OCC)C1C(C)C. The molecule has 0 saturated carbocycles. The molecule has 1 rings (SSSR count). The van der Waals surface area contributed by atoms with Gasteiger partial charge >= 0.3 is 11.9 Å². The van der Waals surface area contributed by atoms with Gasteiger partial charge in [0.1, 0.15) is 0 Å². The second-order valence-corrected chi connectivity index (χ2v) is 6.12. The van der Waals surface area contributed by atoms with Crippen LogP contribution in [0.15, 0.2) is 0 Å². The van der Waals surface area contributed by atoms with E-state index in [0.29, 0.717) is 13.2 Å². The summed E-state index contributed by atoms with van der Waals surface area (Å²) in [5.74, 6) is -0.976. The van der Waals surface area contributed by atoms with Gasteiger partial charge in [0.25, 0.3) is 0 Å². The highest BCUT2D eigenvalue weighted by atomic mass is 16.5. The molecule has 122 valence electrons. The maximum absolute atomic E-state index is 12.3. The first kappa shape index (κ1) is 18.0. The zero-order chi connectivity index (χ0) is 16.2. The van der Waals surface area contributed by atoms with Crippen molar-refractivity contribution in [3.8, 4) is 0 Å². The number of piperidine rings is 1. The van der Waals surface area contributed by atoms with Gasteiger partial charge in [-0.1, -0.05) is 13.8 Å². The molecule has 4 atom stereocenters. The van der Waals surface area contributed by atoms with Crippen molar-refractivity contribution in [2.45, 2.75) is 53.6 Å². The molecule has 5 nitrogen and oxygen atoms in total. The summed E-state index contributed by atoms with van der Waals surface area (Å²) >= 11 is 0. The van der Waals surface area contributed by atoms with Gasteiger partial charge in [-0.05, 0) is 39.5 Å². The van der Waals surface area contributed by atoms with E-state index in [4.69, 9.17) is 9.47 Å². The van der Waals surface area contributed by atoms with E-state index in [0.717, 1.165) is 0 Å². The molecule has 0 aromatic carbocycles. The molecule has 0 aromatic heterocycles. The molecule has 1 saturated heterocycles. The van der Waals surface area contributed by atoms with Gasteiger partial charge in [-0.15, -0.1) is 0 Å². The number of hydrogen-bond acceptors (Lipinski definition) is 5. The maximum Gasteiger partial charge on any atom is 0.310 e. The molecule has 1 aliphatic heterocycles. The number of carbonyl (C=O) groups excluding carboxylic acids is 2. The maximum atomic E-state index is 12.3. The summed E-state index contributed by atoms with van der Waals surface area (Å²) in [5, 5.41) is 3.34. The van der Waals surface area contributed by atoms with Crippen molar-refractivity contribution in [2.75, 3.05) is 13.2 Å². The van der Waals surface area contributed by atoms with E-state index in [2.05, 4.69) is 5.32 Å². The lowest BCUT2D eigenvalue weighted by atomic mass is 9.66. The Balaban J connectivity index is 3.11. The fraction of sp³-hybridized carbons (Fsp3) is 0.875. The Hall–Kier alpha value is -1.10. The van der Waals surface area contributed by atoms with Crippen molar-refractivity contribution in [2.24, 2.45) is 23.7 Å². The van der Waals surface area contributed by atoms with Gasteiger partial charge in [0.05, 0.1) is 25.0 Å². The predicted molar refractivity (Wildman–Crippen MR) is 80.6 cm³/mol. The van der Waals surface area contributed by atoms with Crippen molar-refractivity contribution in [1.82, 2.24) is 5.32 Å². The largest absolute Gasteiger partial charge is 0.466 e. The lowest BCUT2D eigenvalue weighted by molar-refractivity contribution is -0.163. The van der Waals surface area contributed by atoms with E-state index < -0.39 is 0 Å². The molecule has 0 radical (unpaired) electrons. The minimum Gasteiger partial charge on any atom is -0.466 e. The first-order valence-electron chi connectivity index (χ1n) is 7.94. The van der Waals surface area contributed by atoms with Crippen LogP contribution in [0, 0.1) is 23.7 Å². The average Bonchev–Trinajstić information content (AvgIpc) is 2.37. The lowest BCUT2D eigenvalue weighted by Crippen LogP contribution is -2.60. The summed E-state index contributed by atoms with van der Waals surface area (Å²) in [6, 6.07) is -0.0331. The predicted octanol–water partition coefficient (Wildman–Crippen LogP) is 2.00. The minimum atomic E-state index is -0.324. The zero-order valence-corrected chi connectivity index (χ0v) is 14.0. The minimum absolute atomic E-state index is 0.0165. The number of nitrogens with one attached hydrogen (secondary N) is 1. The summed E-state index contributed by atoms with van der Waals surface area (Å²) in [4.78, 5) is 24.7. The van der Waals surface area contributed by atoms with Crippen LogP contribution in [0.3, 0.4) is 0 Å². The van der Waals surface area contributed by atoms with Gasteiger partial charge in [-0.3, -0.25) is 9.59 Å². The van der Waals surface area contributed by atoms with Gasteiger partial charge in [-0.2, -0.15) is 0 Å². The van der Waals surface area contributed by atoms with Gasteiger partial charge in [0.15, 0.2) is 0 Å². The Morgan fingerprint density at radius 2 is 1.33 bits per heavy atom. The third-order valence-electron chi connectivity index (χ3n) is 4.32. The molecule has 0 amide bonds. The van der Waals surface area contributed by atoms with Crippen LogP contribution in [0.5, 0.6) is 0 Å². The second-order valence-electron chi connectivity index (χ2n) is 6.12. The van der Waals surface area contributed by atoms with Gasteiger partial charge in [-0.25, -0.2) is 0 Å². The molecule has 5 heteroatoms. The molecule has 0 bridgehead atoms. The smallest absolute Gasteiger partial charge is 0.310 e. The molecule has 1 heterocycles. The summed E-state index contributed by atoms with van der Waals surface area (Å²) in [6.45, 7) is 12.4. The Kier molecular flexibility index (Phi) is 6.65. The van der Waals surface area contributed by atoms with Crippen LogP contribution in [0.25, 0.3) is 0 Å². The topological polar surface area (TPSA) is 64.6 Å². The third kappa shape index (κ3) is 3.96. The van der Waals surface area contributed by atoms with Crippen molar-refractivity contribution < 1.29 is 19.1 Å². The summed E-state index contributed by atoms with van der Waals surface area (Å²) in [7, 11) is 0. The molecule has 1 N–H and O–H groups in total. The third-order valence-corrected chi connectivity index (χ3v) is 4.32. The van der Waals surface area contributed by atoms with Crippen LogP contribution in [-0.2, 0) is 19.1 Å². The van der Waals surface area contributed by atoms with E-state index in [9.17, 15) is 9.59 Å². The zero-order valence-electron chi connectivity index (χ0n) is 14.0. The highest BCUT2D eigenvalue weighted by Gasteiger charge is 2.50. The molecule has 21 heavy (non-hydrogen) atoms. The number of ether oxygens (including phenoxy) is 2.